The molecule has 138 valence electrons. The van der Waals surface area contributed by atoms with Crippen molar-refractivity contribution in [3.05, 3.63) is 17.8 Å². The van der Waals surface area contributed by atoms with Gasteiger partial charge in [-0.15, -0.1) is 10.2 Å². The lowest BCUT2D eigenvalue weighted by atomic mass is 10.0. The summed E-state index contributed by atoms with van der Waals surface area (Å²) >= 11 is 0. The predicted molar refractivity (Wildman–Crippen MR) is 79.1 cm³/mol. The molecule has 0 aromatic carbocycles. The van der Waals surface area contributed by atoms with Crippen molar-refractivity contribution in [3.8, 4) is 0 Å². The van der Waals surface area contributed by atoms with Gasteiger partial charge in [0.25, 0.3) is 0 Å². The van der Waals surface area contributed by atoms with Crippen LogP contribution in [0.15, 0.2) is 12.1 Å². The van der Waals surface area contributed by atoms with Gasteiger partial charge in [-0.3, -0.25) is 4.79 Å². The van der Waals surface area contributed by atoms with Crippen molar-refractivity contribution < 1.29 is 33.0 Å². The molecule has 2 N–H and O–H groups in total. The van der Waals surface area contributed by atoms with Crippen LogP contribution in [0, 0.1) is 0 Å². The molecular weight excluding hydrogens is 345 g/mol. The summed E-state index contributed by atoms with van der Waals surface area (Å²) in [5.74, 6) is -1.57. The zero-order valence-electron chi connectivity index (χ0n) is 13.3. The van der Waals surface area contributed by atoms with E-state index < -0.39 is 30.1 Å². The Balaban J connectivity index is 1.93. The van der Waals surface area contributed by atoms with Crippen molar-refractivity contribution in [2.24, 2.45) is 0 Å². The monoisotopic (exact) mass is 362 g/mol. The van der Waals surface area contributed by atoms with Crippen LogP contribution in [-0.4, -0.2) is 75.1 Å². The zero-order chi connectivity index (χ0) is 18.8. The third kappa shape index (κ3) is 4.35. The molecular formula is C14H17F3N4O4. The normalized spacial score (nSPS) is 18.0. The molecule has 1 aliphatic heterocycles. The first-order chi connectivity index (χ1) is 11.5. The van der Waals surface area contributed by atoms with Crippen molar-refractivity contribution in [2.45, 2.75) is 25.1 Å². The van der Waals surface area contributed by atoms with Crippen LogP contribution in [0.25, 0.3) is 0 Å². The first kappa shape index (κ1) is 18.9. The number of hydrogen-bond acceptors (Lipinski definition) is 6. The van der Waals surface area contributed by atoms with Gasteiger partial charge in [-0.1, -0.05) is 0 Å². The molecule has 8 nitrogen and oxygen atoms in total. The molecule has 1 aromatic heterocycles. The molecule has 25 heavy (non-hydrogen) atoms. The molecule has 0 radical (unpaired) electrons. The number of halogens is 3. The highest BCUT2D eigenvalue weighted by Crippen LogP contribution is 2.33. The summed E-state index contributed by atoms with van der Waals surface area (Å²) in [6, 6.07) is 2.77. The minimum atomic E-state index is -4.88. The van der Waals surface area contributed by atoms with E-state index in [9.17, 15) is 27.9 Å². The van der Waals surface area contributed by atoms with Gasteiger partial charge < -0.3 is 20.0 Å². The molecule has 1 amide bonds. The molecule has 0 aliphatic carbocycles. The number of aliphatic hydroxyl groups is 1. The van der Waals surface area contributed by atoms with Crippen LogP contribution >= 0.6 is 0 Å². The van der Waals surface area contributed by atoms with Gasteiger partial charge in [0.05, 0.1) is 6.42 Å². The molecule has 0 spiro atoms. The van der Waals surface area contributed by atoms with Gasteiger partial charge >= 0.3 is 12.1 Å². The Morgan fingerprint density at radius 3 is 2.20 bits per heavy atom. The number of carboxylic acid groups (broad SMARTS) is 1. The number of anilines is 1. The van der Waals surface area contributed by atoms with E-state index in [2.05, 4.69) is 10.2 Å². The highest BCUT2D eigenvalue weighted by Gasteiger charge is 2.51. The second kappa shape index (κ2) is 6.82. The molecule has 1 fully saturated rings. The topological polar surface area (TPSA) is 107 Å². The fourth-order valence-electron chi connectivity index (χ4n) is 2.30. The van der Waals surface area contributed by atoms with Gasteiger partial charge in [0.2, 0.25) is 5.91 Å². The number of aromatic nitrogens is 2. The number of piperazine rings is 1. The molecule has 1 unspecified atom stereocenters. The van der Waals surface area contributed by atoms with Gasteiger partial charge in [0.15, 0.2) is 17.1 Å². The summed E-state index contributed by atoms with van der Waals surface area (Å²) in [4.78, 5) is 25.7. The third-order valence-corrected chi connectivity index (χ3v) is 3.93. The molecule has 1 aromatic rings. The Kier molecular flexibility index (Phi) is 5.16. The van der Waals surface area contributed by atoms with Crippen molar-refractivity contribution >= 4 is 17.7 Å². The van der Waals surface area contributed by atoms with E-state index in [0.29, 0.717) is 25.8 Å². The summed E-state index contributed by atoms with van der Waals surface area (Å²) < 4.78 is 37.9. The average Bonchev–Trinajstić information content (AvgIpc) is 2.53. The molecule has 2 heterocycles. The third-order valence-electron chi connectivity index (χ3n) is 3.93. The number of alkyl halides is 3. The SMILES string of the molecule is CC(O)(CC(=O)N1CCN(c2ccc(C(=O)O)nn2)CC1)C(F)(F)F. The number of aromatic carboxylic acids is 1. The van der Waals surface area contributed by atoms with E-state index in [1.807, 2.05) is 0 Å². The number of amides is 1. The lowest BCUT2D eigenvalue weighted by molar-refractivity contribution is -0.254. The van der Waals surface area contributed by atoms with Crippen LogP contribution in [-0.2, 0) is 4.79 Å². The van der Waals surface area contributed by atoms with Crippen LogP contribution in [0.2, 0.25) is 0 Å². The Labute approximate surface area is 140 Å². The molecule has 0 bridgehead atoms. The highest BCUT2D eigenvalue weighted by atomic mass is 19.4. The maximum Gasteiger partial charge on any atom is 0.417 e. The number of hydrogen-bond donors (Lipinski definition) is 2. The first-order valence-corrected chi connectivity index (χ1v) is 7.40. The molecule has 1 atom stereocenters. The van der Waals surface area contributed by atoms with Crippen LogP contribution in [0.4, 0.5) is 19.0 Å². The van der Waals surface area contributed by atoms with Crippen LogP contribution in [0.1, 0.15) is 23.8 Å². The van der Waals surface area contributed by atoms with E-state index in [0.717, 1.165) is 0 Å². The fraction of sp³-hybridized carbons (Fsp3) is 0.571. The van der Waals surface area contributed by atoms with Crippen LogP contribution in [0.5, 0.6) is 0 Å². The fourth-order valence-corrected chi connectivity index (χ4v) is 2.30. The maximum atomic E-state index is 12.6. The number of rotatable bonds is 4. The summed E-state index contributed by atoms with van der Waals surface area (Å²) in [5.41, 5.74) is -3.27. The van der Waals surface area contributed by atoms with E-state index in [1.165, 1.54) is 17.0 Å². The van der Waals surface area contributed by atoms with Crippen molar-refractivity contribution in [1.82, 2.24) is 15.1 Å². The van der Waals surface area contributed by atoms with Gasteiger partial charge in [-0.2, -0.15) is 13.2 Å². The van der Waals surface area contributed by atoms with Crippen molar-refractivity contribution in [1.29, 1.82) is 0 Å². The molecule has 11 heteroatoms. The standard InChI is InChI=1S/C14H17F3N4O4/c1-13(25,14(15,16)17)8-11(22)21-6-4-20(5-7-21)10-3-2-9(12(23)24)18-19-10/h2-3,25H,4-8H2,1H3,(H,23,24). The zero-order valence-corrected chi connectivity index (χ0v) is 13.3. The van der Waals surface area contributed by atoms with Crippen molar-refractivity contribution in [3.63, 3.8) is 0 Å². The van der Waals surface area contributed by atoms with Gasteiger partial charge in [-0.05, 0) is 19.1 Å². The van der Waals surface area contributed by atoms with E-state index >= 15 is 0 Å². The summed E-state index contributed by atoms with van der Waals surface area (Å²) in [5, 5.41) is 25.5. The van der Waals surface area contributed by atoms with Gasteiger partial charge in [-0.25, -0.2) is 4.79 Å². The second-order valence-electron chi connectivity index (χ2n) is 5.90. The van der Waals surface area contributed by atoms with E-state index in [-0.39, 0.29) is 18.8 Å². The summed E-state index contributed by atoms with van der Waals surface area (Å²) in [6.45, 7) is 1.51. The number of carboxylic acids is 1. The van der Waals surface area contributed by atoms with Gasteiger partial charge in [0.1, 0.15) is 0 Å². The largest absolute Gasteiger partial charge is 0.476 e. The molecule has 2 rings (SSSR count). The molecule has 1 saturated heterocycles. The Hall–Kier alpha value is -2.43. The molecule has 1 aliphatic rings. The average molecular weight is 362 g/mol. The quantitative estimate of drug-likeness (QED) is 0.804. The minimum absolute atomic E-state index is 0.162. The smallest absolute Gasteiger partial charge is 0.417 e. The Morgan fingerprint density at radius 2 is 1.76 bits per heavy atom. The predicted octanol–water partition coefficient (Wildman–Crippen LogP) is 0.527. The lowest BCUT2D eigenvalue weighted by Gasteiger charge is -2.36. The van der Waals surface area contributed by atoms with Gasteiger partial charge in [0, 0.05) is 26.2 Å². The highest BCUT2D eigenvalue weighted by molar-refractivity contribution is 5.85. The maximum absolute atomic E-state index is 12.6. The summed E-state index contributed by atoms with van der Waals surface area (Å²) in [6.07, 6.45) is -5.92. The van der Waals surface area contributed by atoms with E-state index in [4.69, 9.17) is 5.11 Å². The van der Waals surface area contributed by atoms with Crippen molar-refractivity contribution in [2.75, 3.05) is 31.1 Å². The second-order valence-corrected chi connectivity index (χ2v) is 5.90. The van der Waals surface area contributed by atoms with E-state index in [1.54, 1.807) is 4.90 Å². The van der Waals surface area contributed by atoms with Crippen LogP contribution < -0.4 is 4.90 Å². The number of carbonyl (C=O) groups is 2. The Bertz CT molecular complexity index is 640. The minimum Gasteiger partial charge on any atom is -0.476 e. The summed E-state index contributed by atoms with van der Waals surface area (Å²) in [7, 11) is 0. The van der Waals surface area contributed by atoms with Crippen LogP contribution in [0.3, 0.4) is 0 Å². The molecule has 0 saturated carbocycles. The number of nitrogens with zero attached hydrogens (tertiary/aromatic N) is 4. The lowest BCUT2D eigenvalue weighted by Crippen LogP contribution is -2.52. The Morgan fingerprint density at radius 1 is 1.16 bits per heavy atom. The first-order valence-electron chi connectivity index (χ1n) is 7.40. The number of carbonyl (C=O) groups excluding carboxylic acids is 1.